The highest BCUT2D eigenvalue weighted by molar-refractivity contribution is 14.1. The van der Waals surface area contributed by atoms with E-state index < -0.39 is 10.2 Å². The number of piperidine rings is 1. The number of hydrogen-bond acceptors (Lipinski definition) is 2. The van der Waals surface area contributed by atoms with Crippen LogP contribution in [0.25, 0.3) is 0 Å². The number of benzene rings is 1. The zero-order valence-corrected chi connectivity index (χ0v) is 13.1. The molecule has 0 aromatic heterocycles. The Bertz CT molecular complexity index is 499. The average Bonchev–Trinajstić information content (AvgIpc) is 2.38. The Kier molecular flexibility index (Phi) is 4.99. The molecule has 2 rings (SSSR count). The van der Waals surface area contributed by atoms with Gasteiger partial charge in [-0.05, 0) is 53.1 Å². The second kappa shape index (κ2) is 6.31. The van der Waals surface area contributed by atoms with Crippen LogP contribution in [0, 0.1) is 3.57 Å². The summed E-state index contributed by atoms with van der Waals surface area (Å²) in [4.78, 5) is 0. The lowest BCUT2D eigenvalue weighted by atomic mass is 10.2. The fourth-order valence-electron chi connectivity index (χ4n) is 2.02. The molecule has 0 saturated carbocycles. The van der Waals surface area contributed by atoms with Crippen LogP contribution in [-0.2, 0) is 16.8 Å². The summed E-state index contributed by atoms with van der Waals surface area (Å²) in [6.45, 7) is 1.64. The Hall–Kier alpha value is -0.180. The lowest BCUT2D eigenvalue weighted by Crippen LogP contribution is -2.43. The lowest BCUT2D eigenvalue weighted by Gasteiger charge is -2.25. The minimum Gasteiger partial charge on any atom is -0.198 e. The van der Waals surface area contributed by atoms with Crippen LogP contribution in [0.1, 0.15) is 24.8 Å². The van der Waals surface area contributed by atoms with Crippen LogP contribution in [-0.4, -0.2) is 25.8 Å². The topological polar surface area (TPSA) is 49.4 Å². The van der Waals surface area contributed by atoms with Gasteiger partial charge in [-0.2, -0.15) is 17.4 Å². The molecular weight excluding hydrogens is 363 g/mol. The van der Waals surface area contributed by atoms with Crippen LogP contribution in [0.4, 0.5) is 0 Å². The maximum atomic E-state index is 12.1. The van der Waals surface area contributed by atoms with Crippen molar-refractivity contribution in [2.45, 2.75) is 25.8 Å². The van der Waals surface area contributed by atoms with Gasteiger partial charge in [0, 0.05) is 23.2 Å². The van der Waals surface area contributed by atoms with Gasteiger partial charge < -0.3 is 0 Å². The van der Waals surface area contributed by atoms with Gasteiger partial charge in [0.15, 0.2) is 0 Å². The Morgan fingerprint density at radius 2 is 1.94 bits per heavy atom. The monoisotopic (exact) mass is 380 g/mol. The molecule has 1 heterocycles. The molecule has 1 aromatic rings. The molecule has 1 N–H and O–H groups in total. The minimum absolute atomic E-state index is 0.357. The third-order valence-electron chi connectivity index (χ3n) is 3.00. The molecule has 1 aliphatic rings. The molecule has 0 spiro atoms. The van der Waals surface area contributed by atoms with Crippen molar-refractivity contribution in [2.24, 2.45) is 0 Å². The predicted octanol–water partition coefficient (Wildman–Crippen LogP) is 2.11. The molecule has 1 aromatic carbocycles. The van der Waals surface area contributed by atoms with E-state index in [1.165, 1.54) is 0 Å². The SMILES string of the molecule is O=S(=O)(NCc1cccc(I)c1)N1CCCCC1. The molecule has 100 valence electrons. The van der Waals surface area contributed by atoms with Crippen molar-refractivity contribution in [2.75, 3.05) is 13.1 Å². The molecule has 0 amide bonds. The summed E-state index contributed by atoms with van der Waals surface area (Å²) in [5.41, 5.74) is 0.988. The number of rotatable bonds is 4. The van der Waals surface area contributed by atoms with Gasteiger partial charge in [0.25, 0.3) is 10.2 Å². The molecule has 0 atom stereocenters. The van der Waals surface area contributed by atoms with E-state index >= 15 is 0 Å². The maximum Gasteiger partial charge on any atom is 0.279 e. The first-order valence-electron chi connectivity index (χ1n) is 6.07. The van der Waals surface area contributed by atoms with Gasteiger partial charge in [-0.25, -0.2) is 0 Å². The number of halogens is 1. The van der Waals surface area contributed by atoms with E-state index in [0.717, 1.165) is 28.4 Å². The first-order chi connectivity index (χ1) is 8.58. The standard InChI is InChI=1S/C12H17IN2O2S/c13-12-6-4-5-11(9-12)10-14-18(16,17)15-7-2-1-3-8-15/h4-6,9,14H,1-3,7-8,10H2. The minimum atomic E-state index is -3.31. The zero-order chi connectivity index (χ0) is 13.0. The third kappa shape index (κ3) is 3.91. The summed E-state index contributed by atoms with van der Waals surface area (Å²) >= 11 is 2.22. The van der Waals surface area contributed by atoms with Crippen LogP contribution in [0.2, 0.25) is 0 Å². The molecule has 1 aliphatic heterocycles. The van der Waals surface area contributed by atoms with Gasteiger partial charge in [-0.1, -0.05) is 18.6 Å². The highest BCUT2D eigenvalue weighted by Crippen LogP contribution is 2.13. The largest absolute Gasteiger partial charge is 0.279 e. The molecule has 18 heavy (non-hydrogen) atoms. The molecule has 0 radical (unpaired) electrons. The Balaban J connectivity index is 1.96. The van der Waals surface area contributed by atoms with Gasteiger partial charge >= 0.3 is 0 Å². The van der Waals surface area contributed by atoms with Crippen molar-refractivity contribution in [1.29, 1.82) is 0 Å². The van der Waals surface area contributed by atoms with Crippen molar-refractivity contribution in [1.82, 2.24) is 9.03 Å². The van der Waals surface area contributed by atoms with Gasteiger partial charge in [0.05, 0.1) is 0 Å². The molecule has 0 unspecified atom stereocenters. The summed E-state index contributed by atoms with van der Waals surface area (Å²) < 4.78 is 29.4. The lowest BCUT2D eigenvalue weighted by molar-refractivity contribution is 0.341. The fraction of sp³-hybridized carbons (Fsp3) is 0.500. The number of nitrogens with one attached hydrogen (secondary N) is 1. The Labute approximate surface area is 122 Å². The molecule has 1 fully saturated rings. The van der Waals surface area contributed by atoms with Crippen molar-refractivity contribution < 1.29 is 8.42 Å². The van der Waals surface area contributed by atoms with E-state index in [0.29, 0.717) is 19.6 Å². The van der Waals surface area contributed by atoms with Crippen LogP contribution >= 0.6 is 22.6 Å². The van der Waals surface area contributed by atoms with Crippen molar-refractivity contribution >= 4 is 32.8 Å². The average molecular weight is 380 g/mol. The summed E-state index contributed by atoms with van der Waals surface area (Å²) in [6, 6.07) is 7.84. The first-order valence-corrected chi connectivity index (χ1v) is 8.59. The van der Waals surface area contributed by atoms with E-state index in [2.05, 4.69) is 27.3 Å². The molecule has 4 nitrogen and oxygen atoms in total. The molecule has 0 bridgehead atoms. The van der Waals surface area contributed by atoms with Gasteiger partial charge in [-0.3, -0.25) is 0 Å². The van der Waals surface area contributed by atoms with Gasteiger partial charge in [0.1, 0.15) is 0 Å². The van der Waals surface area contributed by atoms with Crippen molar-refractivity contribution in [3.05, 3.63) is 33.4 Å². The second-order valence-electron chi connectivity index (χ2n) is 4.42. The maximum absolute atomic E-state index is 12.1. The van der Waals surface area contributed by atoms with Crippen LogP contribution < -0.4 is 4.72 Å². The molecule has 0 aliphatic carbocycles. The van der Waals surface area contributed by atoms with Gasteiger partial charge in [-0.15, -0.1) is 0 Å². The van der Waals surface area contributed by atoms with Crippen molar-refractivity contribution in [3.8, 4) is 0 Å². The summed E-state index contributed by atoms with van der Waals surface area (Å²) in [6.07, 6.45) is 3.05. The van der Waals surface area contributed by atoms with Crippen LogP contribution in [0.5, 0.6) is 0 Å². The van der Waals surface area contributed by atoms with Gasteiger partial charge in [0.2, 0.25) is 0 Å². The number of nitrogens with zero attached hydrogens (tertiary/aromatic N) is 1. The van der Waals surface area contributed by atoms with E-state index in [1.54, 1.807) is 4.31 Å². The van der Waals surface area contributed by atoms with E-state index in [-0.39, 0.29) is 0 Å². The quantitative estimate of drug-likeness (QED) is 0.814. The molecule has 6 heteroatoms. The Morgan fingerprint density at radius 1 is 1.22 bits per heavy atom. The van der Waals surface area contributed by atoms with Crippen molar-refractivity contribution in [3.63, 3.8) is 0 Å². The fourth-order valence-corrected chi connectivity index (χ4v) is 3.90. The predicted molar refractivity (Wildman–Crippen MR) is 80.3 cm³/mol. The third-order valence-corrected chi connectivity index (χ3v) is 5.23. The smallest absolute Gasteiger partial charge is 0.198 e. The number of hydrogen-bond donors (Lipinski definition) is 1. The Morgan fingerprint density at radius 3 is 2.61 bits per heavy atom. The van der Waals surface area contributed by atoms with Crippen LogP contribution in [0.3, 0.4) is 0 Å². The summed E-state index contributed by atoms with van der Waals surface area (Å²) in [7, 11) is -3.31. The van der Waals surface area contributed by atoms with E-state index in [1.807, 2.05) is 24.3 Å². The molecular formula is C12H17IN2O2S. The summed E-state index contributed by atoms with van der Waals surface area (Å²) in [5.74, 6) is 0. The summed E-state index contributed by atoms with van der Waals surface area (Å²) in [5, 5.41) is 0. The van der Waals surface area contributed by atoms with Crippen LogP contribution in [0.15, 0.2) is 24.3 Å². The second-order valence-corrected chi connectivity index (χ2v) is 7.42. The highest BCUT2D eigenvalue weighted by Gasteiger charge is 2.23. The normalized spacial score (nSPS) is 17.8. The highest BCUT2D eigenvalue weighted by atomic mass is 127. The molecule has 1 saturated heterocycles. The first kappa shape index (κ1) is 14.2. The van der Waals surface area contributed by atoms with E-state index in [4.69, 9.17) is 0 Å². The van der Waals surface area contributed by atoms with E-state index in [9.17, 15) is 8.42 Å². The zero-order valence-electron chi connectivity index (χ0n) is 10.1.